The van der Waals surface area contributed by atoms with Crippen LogP contribution in [0.25, 0.3) is 0 Å². The minimum atomic E-state index is -0.298. The first-order valence-electron chi connectivity index (χ1n) is 13.1. The molecular formula is C29H37N5O2S2. The lowest BCUT2D eigenvalue weighted by Gasteiger charge is -2.36. The smallest absolute Gasteiger partial charge is 0.235 e. The Morgan fingerprint density at radius 2 is 2.13 bits per heavy atom. The van der Waals surface area contributed by atoms with Gasteiger partial charge in [-0.25, -0.2) is 0 Å². The van der Waals surface area contributed by atoms with Crippen LogP contribution in [0.15, 0.2) is 23.4 Å². The van der Waals surface area contributed by atoms with E-state index >= 15 is 0 Å². The van der Waals surface area contributed by atoms with E-state index in [4.69, 9.17) is 4.74 Å². The van der Waals surface area contributed by atoms with Gasteiger partial charge in [0.15, 0.2) is 17.1 Å². The lowest BCUT2D eigenvalue weighted by Crippen LogP contribution is -2.28. The predicted octanol–water partition coefficient (Wildman–Crippen LogP) is 6.78. The zero-order chi connectivity index (χ0) is 27.6. The van der Waals surface area contributed by atoms with Crippen molar-refractivity contribution in [2.24, 2.45) is 18.4 Å². The summed E-state index contributed by atoms with van der Waals surface area (Å²) in [6.45, 7) is 12.9. The van der Waals surface area contributed by atoms with Crippen molar-refractivity contribution in [1.82, 2.24) is 14.8 Å². The number of benzene rings is 1. The first-order chi connectivity index (χ1) is 18.1. The molecule has 0 aliphatic heterocycles. The number of amides is 1. The first-order valence-corrected chi connectivity index (χ1v) is 14.9. The number of nitrogens with zero attached hydrogens (tertiary/aromatic N) is 4. The molecule has 0 bridgehead atoms. The number of thioether (sulfide) groups is 1. The van der Waals surface area contributed by atoms with Crippen molar-refractivity contribution >= 4 is 34.0 Å². The van der Waals surface area contributed by atoms with Crippen molar-refractivity contribution in [2.75, 3.05) is 11.1 Å². The minimum Gasteiger partial charge on any atom is -0.482 e. The molecule has 0 saturated carbocycles. The summed E-state index contributed by atoms with van der Waals surface area (Å²) in [5, 5.41) is 22.8. The molecule has 202 valence electrons. The third-order valence-electron chi connectivity index (χ3n) is 8.07. The normalized spacial score (nSPS) is 16.0. The van der Waals surface area contributed by atoms with E-state index in [0.29, 0.717) is 27.5 Å². The van der Waals surface area contributed by atoms with Gasteiger partial charge >= 0.3 is 0 Å². The molecule has 0 unspecified atom stereocenters. The second kappa shape index (κ2) is 11.5. The molecule has 1 N–H and O–H groups in total. The highest BCUT2D eigenvalue weighted by atomic mass is 32.2. The van der Waals surface area contributed by atoms with Gasteiger partial charge < -0.3 is 14.6 Å². The van der Waals surface area contributed by atoms with Gasteiger partial charge in [-0.05, 0) is 74.1 Å². The zero-order valence-corrected chi connectivity index (χ0v) is 25.0. The average Bonchev–Trinajstić information content (AvgIpc) is 3.43. The number of fused-ring (bicyclic) bond motifs is 1. The average molecular weight is 552 g/mol. The van der Waals surface area contributed by atoms with Crippen molar-refractivity contribution in [3.8, 4) is 11.8 Å². The Morgan fingerprint density at radius 3 is 2.84 bits per heavy atom. The van der Waals surface area contributed by atoms with Crippen molar-refractivity contribution in [3.63, 3.8) is 0 Å². The van der Waals surface area contributed by atoms with Crippen LogP contribution in [-0.2, 0) is 24.7 Å². The lowest BCUT2D eigenvalue weighted by atomic mass is 9.69. The summed E-state index contributed by atoms with van der Waals surface area (Å²) < 4.78 is 8.04. The van der Waals surface area contributed by atoms with E-state index < -0.39 is 0 Å². The number of aryl methyl sites for hydroxylation is 1. The number of nitriles is 1. The molecule has 1 amide bonds. The Hall–Kier alpha value is -2.83. The van der Waals surface area contributed by atoms with Crippen LogP contribution in [0.2, 0.25) is 0 Å². The summed E-state index contributed by atoms with van der Waals surface area (Å²) in [5.41, 5.74) is 4.30. The highest BCUT2D eigenvalue weighted by Gasteiger charge is 2.34. The van der Waals surface area contributed by atoms with Crippen LogP contribution in [0, 0.1) is 36.5 Å². The summed E-state index contributed by atoms with van der Waals surface area (Å²) in [6, 6.07) is 8.35. The van der Waals surface area contributed by atoms with Crippen LogP contribution in [0.5, 0.6) is 5.75 Å². The van der Waals surface area contributed by atoms with Gasteiger partial charge in [-0.15, -0.1) is 21.5 Å². The number of carbonyl (C=O) groups is 1. The molecule has 1 aliphatic rings. The van der Waals surface area contributed by atoms with E-state index in [1.54, 1.807) is 11.3 Å². The van der Waals surface area contributed by atoms with Gasteiger partial charge in [0, 0.05) is 11.9 Å². The molecular weight excluding hydrogens is 514 g/mol. The molecule has 7 nitrogen and oxygen atoms in total. The molecule has 1 aliphatic carbocycles. The number of aromatic nitrogens is 3. The van der Waals surface area contributed by atoms with Gasteiger partial charge in [0.2, 0.25) is 5.91 Å². The molecule has 9 heteroatoms. The standard InChI is InChI=1S/C29H37N5O2S2/c1-8-29(5,6)20-12-13-21-22(15-30)27(38-24(21)14-20)31-25(35)16-37-28-33-32-26(34(28)7)19(4)36-23-11-9-10-17(2)18(23)3/h9-11,19-20H,8,12-14,16H2,1-7H3,(H,31,35)/t19-,20-/m1/s1. The third kappa shape index (κ3) is 5.76. The first kappa shape index (κ1) is 28.2. The second-order valence-electron chi connectivity index (χ2n) is 10.8. The van der Waals surface area contributed by atoms with Crippen LogP contribution in [0.4, 0.5) is 5.00 Å². The molecule has 3 aromatic rings. The van der Waals surface area contributed by atoms with E-state index in [1.165, 1.54) is 22.2 Å². The number of rotatable bonds is 9. The van der Waals surface area contributed by atoms with Crippen LogP contribution in [-0.4, -0.2) is 26.4 Å². The van der Waals surface area contributed by atoms with Gasteiger partial charge in [-0.1, -0.05) is 51.1 Å². The van der Waals surface area contributed by atoms with Crippen LogP contribution in [0.1, 0.15) is 79.6 Å². The Labute approximate surface area is 234 Å². The Balaban J connectivity index is 1.39. The van der Waals surface area contributed by atoms with Gasteiger partial charge in [-0.2, -0.15) is 5.26 Å². The number of thiophene rings is 1. The van der Waals surface area contributed by atoms with Gasteiger partial charge in [0.25, 0.3) is 0 Å². The maximum absolute atomic E-state index is 12.9. The SMILES string of the molecule is CCC(C)(C)[C@@H]1CCc2c(sc(NC(=O)CSc3nnc([C@@H](C)Oc4cccc(C)c4C)n3C)c2C#N)C1. The molecule has 4 rings (SSSR count). The third-order valence-corrected chi connectivity index (χ3v) is 10.3. The number of carbonyl (C=O) groups excluding carboxylic acids is 1. The monoisotopic (exact) mass is 551 g/mol. The number of nitrogens with one attached hydrogen (secondary N) is 1. The summed E-state index contributed by atoms with van der Waals surface area (Å²) in [7, 11) is 1.88. The van der Waals surface area contributed by atoms with Crippen molar-refractivity contribution in [3.05, 3.63) is 51.2 Å². The maximum Gasteiger partial charge on any atom is 0.235 e. The molecule has 1 aromatic carbocycles. The predicted molar refractivity (Wildman–Crippen MR) is 154 cm³/mol. The Bertz CT molecular complexity index is 1370. The molecule has 0 radical (unpaired) electrons. The number of hydrogen-bond donors (Lipinski definition) is 1. The summed E-state index contributed by atoms with van der Waals surface area (Å²) >= 11 is 2.89. The zero-order valence-electron chi connectivity index (χ0n) is 23.3. The maximum atomic E-state index is 12.9. The van der Waals surface area contributed by atoms with E-state index in [9.17, 15) is 10.1 Å². The van der Waals surface area contributed by atoms with Crippen molar-refractivity contribution < 1.29 is 9.53 Å². The van der Waals surface area contributed by atoms with E-state index in [1.807, 2.05) is 37.6 Å². The van der Waals surface area contributed by atoms with E-state index in [-0.39, 0.29) is 23.2 Å². The molecule has 0 fully saturated rings. The molecule has 0 spiro atoms. The lowest BCUT2D eigenvalue weighted by molar-refractivity contribution is -0.113. The van der Waals surface area contributed by atoms with E-state index in [2.05, 4.69) is 55.3 Å². The number of ether oxygens (including phenoxy) is 1. The Morgan fingerprint density at radius 1 is 1.37 bits per heavy atom. The Kier molecular flexibility index (Phi) is 8.53. The van der Waals surface area contributed by atoms with Crippen molar-refractivity contribution in [2.45, 2.75) is 78.5 Å². The van der Waals surface area contributed by atoms with Crippen molar-refractivity contribution in [1.29, 1.82) is 5.26 Å². The summed E-state index contributed by atoms with van der Waals surface area (Å²) in [5.74, 6) is 2.13. The number of anilines is 1. The van der Waals surface area contributed by atoms with Gasteiger partial charge in [-0.3, -0.25) is 4.79 Å². The summed E-state index contributed by atoms with van der Waals surface area (Å²) in [6.07, 6.45) is 3.79. The minimum absolute atomic E-state index is 0.153. The molecule has 2 atom stereocenters. The highest BCUT2D eigenvalue weighted by Crippen LogP contribution is 2.45. The fourth-order valence-electron chi connectivity index (χ4n) is 4.94. The molecule has 38 heavy (non-hydrogen) atoms. The van der Waals surface area contributed by atoms with E-state index in [0.717, 1.165) is 42.6 Å². The fraction of sp³-hybridized carbons (Fsp3) is 0.517. The van der Waals surface area contributed by atoms with Crippen LogP contribution in [0.3, 0.4) is 0 Å². The second-order valence-corrected chi connectivity index (χ2v) is 12.8. The fourth-order valence-corrected chi connectivity index (χ4v) is 6.95. The highest BCUT2D eigenvalue weighted by molar-refractivity contribution is 7.99. The topological polar surface area (TPSA) is 92.8 Å². The van der Waals surface area contributed by atoms with Gasteiger partial charge in [0.1, 0.15) is 16.8 Å². The largest absolute Gasteiger partial charge is 0.482 e. The molecule has 2 heterocycles. The summed E-state index contributed by atoms with van der Waals surface area (Å²) in [4.78, 5) is 14.1. The van der Waals surface area contributed by atoms with Gasteiger partial charge in [0.05, 0.1) is 11.3 Å². The number of hydrogen-bond acceptors (Lipinski definition) is 7. The van der Waals surface area contributed by atoms with Crippen LogP contribution < -0.4 is 10.1 Å². The molecule has 2 aromatic heterocycles. The quantitative estimate of drug-likeness (QED) is 0.295. The van der Waals surface area contributed by atoms with Crippen LogP contribution >= 0.6 is 23.1 Å². The molecule has 0 saturated heterocycles.